The molecule has 8 nitrogen and oxygen atoms in total. The van der Waals surface area contributed by atoms with Crippen LogP contribution in [0.15, 0.2) is 81.7 Å². The maximum absolute atomic E-state index is 13.4. The summed E-state index contributed by atoms with van der Waals surface area (Å²) in [6, 6.07) is 14.7. The molecule has 0 N–H and O–H groups in total. The monoisotopic (exact) mass is 475 g/mol. The van der Waals surface area contributed by atoms with E-state index in [0.717, 1.165) is 5.56 Å². The number of ether oxygens (including phenoxy) is 1. The number of nitrogens with zero attached hydrogens (tertiary/aromatic N) is 3. The number of carbonyl (C=O) groups excluding carboxylic acids is 1. The van der Waals surface area contributed by atoms with Crippen LogP contribution in [0.3, 0.4) is 0 Å². The van der Waals surface area contributed by atoms with Gasteiger partial charge in [-0.25, -0.2) is 9.79 Å². The normalized spacial score (nSPS) is 15.8. The number of fused-ring (bicyclic) bond motifs is 1. The molecule has 2 aromatic carbocycles. The molecule has 0 aliphatic carbocycles. The van der Waals surface area contributed by atoms with Gasteiger partial charge in [0, 0.05) is 12.1 Å². The number of aromatic nitrogens is 1. The molecule has 0 fully saturated rings. The molecule has 0 saturated carbocycles. The van der Waals surface area contributed by atoms with Gasteiger partial charge in [-0.2, -0.15) is 0 Å². The first kappa shape index (κ1) is 23.1. The Hall–Kier alpha value is -4.11. The lowest BCUT2D eigenvalue weighted by atomic mass is 9.95. The Morgan fingerprint density at radius 2 is 2.00 bits per heavy atom. The van der Waals surface area contributed by atoms with Crippen molar-refractivity contribution in [1.29, 1.82) is 0 Å². The van der Waals surface area contributed by atoms with Crippen molar-refractivity contribution >= 4 is 35.1 Å². The van der Waals surface area contributed by atoms with Crippen LogP contribution in [0.4, 0.5) is 5.69 Å². The van der Waals surface area contributed by atoms with Crippen LogP contribution in [0.1, 0.15) is 31.0 Å². The van der Waals surface area contributed by atoms with Gasteiger partial charge in [-0.3, -0.25) is 19.5 Å². The second kappa shape index (κ2) is 9.80. The number of hydrogen-bond donors (Lipinski definition) is 0. The Morgan fingerprint density at radius 1 is 1.24 bits per heavy atom. The molecule has 0 unspecified atom stereocenters. The minimum atomic E-state index is -0.893. The van der Waals surface area contributed by atoms with E-state index in [1.54, 1.807) is 32.1 Å². The maximum atomic E-state index is 13.4. The van der Waals surface area contributed by atoms with Gasteiger partial charge in [0.1, 0.15) is 0 Å². The Bertz CT molecular complexity index is 1500. The lowest BCUT2D eigenvalue weighted by Crippen LogP contribution is -2.39. The van der Waals surface area contributed by atoms with Gasteiger partial charge >= 0.3 is 5.97 Å². The first-order valence-electron chi connectivity index (χ1n) is 10.6. The number of thiazole rings is 1. The summed E-state index contributed by atoms with van der Waals surface area (Å²) < 4.78 is 7.07. The molecular formula is C25H21N3O5S. The van der Waals surface area contributed by atoms with Crippen molar-refractivity contribution in [3.63, 3.8) is 0 Å². The molecule has 1 aliphatic heterocycles. The van der Waals surface area contributed by atoms with Crippen molar-refractivity contribution in [3.8, 4) is 0 Å². The molecule has 0 spiro atoms. The van der Waals surface area contributed by atoms with Crippen molar-refractivity contribution in [2.45, 2.75) is 19.9 Å². The van der Waals surface area contributed by atoms with Gasteiger partial charge in [-0.05, 0) is 31.1 Å². The van der Waals surface area contributed by atoms with Gasteiger partial charge in [0.15, 0.2) is 4.80 Å². The van der Waals surface area contributed by atoms with E-state index in [9.17, 15) is 19.7 Å². The predicted molar refractivity (Wildman–Crippen MR) is 130 cm³/mol. The molecule has 0 amide bonds. The third-order valence-corrected chi connectivity index (χ3v) is 6.25. The first-order chi connectivity index (χ1) is 16.4. The number of hydrogen-bond acceptors (Lipinski definition) is 7. The van der Waals surface area contributed by atoms with Crippen LogP contribution >= 0.6 is 11.3 Å². The molecule has 0 saturated heterocycles. The lowest BCUT2D eigenvalue weighted by molar-refractivity contribution is -0.384. The maximum Gasteiger partial charge on any atom is 0.338 e. The molecule has 9 heteroatoms. The van der Waals surface area contributed by atoms with E-state index < -0.39 is 16.9 Å². The predicted octanol–water partition coefficient (Wildman–Crippen LogP) is 3.37. The van der Waals surface area contributed by atoms with E-state index in [1.807, 2.05) is 36.4 Å². The number of carbonyl (C=O) groups is 1. The Labute approximate surface area is 198 Å². The van der Waals surface area contributed by atoms with Crippen LogP contribution in [0, 0.1) is 10.1 Å². The molecule has 1 aliphatic rings. The largest absolute Gasteiger partial charge is 0.463 e. The van der Waals surface area contributed by atoms with Crippen LogP contribution in [-0.2, 0) is 9.53 Å². The Kier molecular flexibility index (Phi) is 6.65. The van der Waals surface area contributed by atoms with Gasteiger partial charge in [-0.1, -0.05) is 66.0 Å². The summed E-state index contributed by atoms with van der Waals surface area (Å²) in [5, 5.41) is 11.4. The molecule has 1 atom stereocenters. The van der Waals surface area contributed by atoms with E-state index >= 15 is 0 Å². The zero-order chi connectivity index (χ0) is 24.2. The Morgan fingerprint density at radius 3 is 2.71 bits per heavy atom. The average Bonchev–Trinajstić information content (AvgIpc) is 3.13. The number of nitro groups is 1. The highest BCUT2D eigenvalue weighted by Gasteiger charge is 2.33. The highest BCUT2D eigenvalue weighted by atomic mass is 32.1. The van der Waals surface area contributed by atoms with Crippen LogP contribution in [-0.4, -0.2) is 22.1 Å². The highest BCUT2D eigenvalue weighted by Crippen LogP contribution is 2.32. The topological polar surface area (TPSA) is 104 Å². The fourth-order valence-electron chi connectivity index (χ4n) is 3.74. The summed E-state index contributed by atoms with van der Waals surface area (Å²) in [6.45, 7) is 3.50. The van der Waals surface area contributed by atoms with Gasteiger partial charge in [0.05, 0.1) is 33.4 Å². The number of benzene rings is 2. The van der Waals surface area contributed by atoms with Crippen molar-refractivity contribution in [2.75, 3.05) is 6.61 Å². The second-order valence-corrected chi connectivity index (χ2v) is 8.46. The van der Waals surface area contributed by atoms with Crippen molar-refractivity contribution in [2.24, 2.45) is 4.99 Å². The zero-order valence-corrected chi connectivity index (χ0v) is 19.3. The minimum absolute atomic E-state index is 0.136. The summed E-state index contributed by atoms with van der Waals surface area (Å²) in [7, 11) is 0. The quantitative estimate of drug-likeness (QED) is 0.309. The van der Waals surface area contributed by atoms with E-state index in [0.29, 0.717) is 20.6 Å². The number of rotatable bonds is 6. The lowest BCUT2D eigenvalue weighted by Gasteiger charge is -2.24. The van der Waals surface area contributed by atoms with Crippen molar-refractivity contribution < 1.29 is 14.5 Å². The fraction of sp³-hybridized carbons (Fsp3) is 0.160. The molecule has 3 aromatic rings. The van der Waals surface area contributed by atoms with E-state index in [4.69, 9.17) is 4.74 Å². The standard InChI is InChI=1S/C25H21N3O5S/c1-3-33-24(30)21-16(2)26-25-27(22(21)18-12-8-13-19(15-18)28(31)32)23(29)20(34-25)14-7-11-17-9-5-4-6-10-17/h4-15,22H,3H2,1-2H3/b11-7-,20-14?/t22-/m0/s1. The van der Waals surface area contributed by atoms with Crippen molar-refractivity contribution in [3.05, 3.63) is 113 Å². The number of nitro benzene ring substituents is 1. The summed E-state index contributed by atoms with van der Waals surface area (Å²) in [5.74, 6) is -0.612. The van der Waals surface area contributed by atoms with Gasteiger partial charge in [0.25, 0.3) is 11.2 Å². The van der Waals surface area contributed by atoms with Crippen molar-refractivity contribution in [1.82, 2.24) is 4.57 Å². The van der Waals surface area contributed by atoms with Crippen LogP contribution in [0.2, 0.25) is 0 Å². The molecule has 4 rings (SSSR count). The molecule has 1 aromatic heterocycles. The van der Waals surface area contributed by atoms with E-state index in [1.165, 1.54) is 34.1 Å². The summed E-state index contributed by atoms with van der Waals surface area (Å²) >= 11 is 1.19. The third kappa shape index (κ3) is 4.51. The summed E-state index contributed by atoms with van der Waals surface area (Å²) in [6.07, 6.45) is 5.36. The summed E-state index contributed by atoms with van der Waals surface area (Å²) in [5.41, 5.74) is 1.53. The minimum Gasteiger partial charge on any atom is -0.463 e. The van der Waals surface area contributed by atoms with E-state index in [2.05, 4.69) is 4.99 Å². The molecule has 2 heterocycles. The van der Waals surface area contributed by atoms with Gasteiger partial charge < -0.3 is 4.74 Å². The fourth-order valence-corrected chi connectivity index (χ4v) is 4.74. The molecular weight excluding hydrogens is 454 g/mol. The number of non-ortho nitro benzene ring substituents is 1. The highest BCUT2D eigenvalue weighted by molar-refractivity contribution is 7.07. The number of allylic oxidation sites excluding steroid dienone is 2. The van der Waals surface area contributed by atoms with Gasteiger partial charge in [0.2, 0.25) is 0 Å². The Balaban J connectivity index is 1.89. The van der Waals surface area contributed by atoms with E-state index in [-0.39, 0.29) is 23.4 Å². The number of esters is 1. The molecule has 172 valence electrons. The summed E-state index contributed by atoms with van der Waals surface area (Å²) in [4.78, 5) is 42.1. The second-order valence-electron chi connectivity index (χ2n) is 7.45. The average molecular weight is 476 g/mol. The molecule has 34 heavy (non-hydrogen) atoms. The van der Waals surface area contributed by atoms with Crippen LogP contribution in [0.5, 0.6) is 0 Å². The SMILES string of the molecule is CCOC(=O)C1=C(C)N=c2sc(=C/C=C\c3ccccc3)c(=O)n2[C@H]1c1cccc([N+](=O)[O-])c1. The molecule has 0 bridgehead atoms. The van der Waals surface area contributed by atoms with Gasteiger partial charge in [-0.15, -0.1) is 0 Å². The van der Waals surface area contributed by atoms with Crippen LogP contribution < -0.4 is 14.9 Å². The zero-order valence-electron chi connectivity index (χ0n) is 18.5. The first-order valence-corrected chi connectivity index (χ1v) is 11.4. The van der Waals surface area contributed by atoms with Crippen LogP contribution in [0.25, 0.3) is 12.2 Å². The third-order valence-electron chi connectivity index (χ3n) is 5.25. The molecule has 0 radical (unpaired) electrons. The smallest absolute Gasteiger partial charge is 0.338 e.